The first kappa shape index (κ1) is 13.8. The number of carbonyl (C=O) groups excluding carboxylic acids is 1. The summed E-state index contributed by atoms with van der Waals surface area (Å²) in [6, 6.07) is 8.73. The normalized spacial score (nSPS) is 9.22. The third-order valence-electron chi connectivity index (χ3n) is 2.18. The molecule has 18 heavy (non-hydrogen) atoms. The zero-order valence-electron chi connectivity index (χ0n) is 9.98. The lowest BCUT2D eigenvalue weighted by Crippen LogP contribution is -2.12. The van der Waals surface area contributed by atoms with Crippen LogP contribution in [0.15, 0.2) is 24.3 Å². The number of terminal acetylenes is 1. The average Bonchev–Trinajstić information content (AvgIpc) is 2.39. The fourth-order valence-electron chi connectivity index (χ4n) is 1.32. The van der Waals surface area contributed by atoms with Crippen LogP contribution in [0.1, 0.15) is 18.4 Å². The molecule has 0 bridgehead atoms. The van der Waals surface area contributed by atoms with Crippen LogP contribution in [0.4, 0.5) is 5.69 Å². The van der Waals surface area contributed by atoms with Crippen LogP contribution in [-0.2, 0) is 9.53 Å². The molecule has 0 atom stereocenters. The first-order valence-corrected chi connectivity index (χ1v) is 5.57. The quantitative estimate of drug-likeness (QED) is 0.612. The topological polar surface area (TPSA) is 62.1 Å². The highest BCUT2D eigenvalue weighted by molar-refractivity contribution is 5.90. The van der Waals surface area contributed by atoms with E-state index in [9.17, 15) is 4.79 Å². The van der Waals surface area contributed by atoms with Gasteiger partial charge in [0.05, 0.1) is 11.6 Å². The van der Waals surface area contributed by atoms with Gasteiger partial charge in [0.1, 0.15) is 6.61 Å². The van der Waals surface area contributed by atoms with Crippen LogP contribution in [0.5, 0.6) is 0 Å². The van der Waals surface area contributed by atoms with E-state index in [4.69, 9.17) is 16.4 Å². The number of benzene rings is 1. The van der Waals surface area contributed by atoms with Crippen molar-refractivity contribution < 1.29 is 9.53 Å². The molecule has 0 heterocycles. The van der Waals surface area contributed by atoms with Crippen LogP contribution in [0.3, 0.4) is 0 Å². The molecule has 1 amide bonds. The van der Waals surface area contributed by atoms with Gasteiger partial charge in [0.25, 0.3) is 0 Å². The molecule has 0 aliphatic heterocycles. The van der Waals surface area contributed by atoms with Crippen molar-refractivity contribution in [2.75, 3.05) is 18.5 Å². The Morgan fingerprint density at radius 3 is 2.72 bits per heavy atom. The van der Waals surface area contributed by atoms with Gasteiger partial charge >= 0.3 is 0 Å². The van der Waals surface area contributed by atoms with Gasteiger partial charge < -0.3 is 10.1 Å². The number of rotatable bonds is 6. The van der Waals surface area contributed by atoms with E-state index >= 15 is 0 Å². The van der Waals surface area contributed by atoms with Gasteiger partial charge in [0.2, 0.25) is 5.91 Å². The Hall–Kier alpha value is -2.30. The van der Waals surface area contributed by atoms with E-state index in [0.717, 1.165) is 0 Å². The summed E-state index contributed by atoms with van der Waals surface area (Å²) in [6.07, 6.45) is 6.03. The largest absolute Gasteiger partial charge is 0.369 e. The molecule has 1 aromatic carbocycles. The van der Waals surface area contributed by atoms with Gasteiger partial charge in [0, 0.05) is 18.7 Å². The fourth-order valence-corrected chi connectivity index (χ4v) is 1.32. The molecule has 1 rings (SSSR count). The van der Waals surface area contributed by atoms with E-state index in [2.05, 4.69) is 11.2 Å². The second-order valence-corrected chi connectivity index (χ2v) is 3.60. The first-order valence-electron chi connectivity index (χ1n) is 5.57. The van der Waals surface area contributed by atoms with Crippen LogP contribution >= 0.6 is 0 Å². The van der Waals surface area contributed by atoms with Crippen LogP contribution in [0, 0.1) is 23.7 Å². The minimum Gasteiger partial charge on any atom is -0.369 e. The molecule has 0 aliphatic rings. The second kappa shape index (κ2) is 7.89. The summed E-state index contributed by atoms with van der Waals surface area (Å²) in [5, 5.41) is 11.4. The third-order valence-corrected chi connectivity index (χ3v) is 2.18. The lowest BCUT2D eigenvalue weighted by molar-refractivity contribution is -0.116. The summed E-state index contributed by atoms with van der Waals surface area (Å²) >= 11 is 0. The number of nitrogens with one attached hydrogen (secondary N) is 1. The maximum atomic E-state index is 11.5. The number of carbonyl (C=O) groups is 1. The van der Waals surface area contributed by atoms with Gasteiger partial charge in [-0.1, -0.05) is 5.92 Å². The Labute approximate surface area is 107 Å². The molecule has 0 aliphatic carbocycles. The number of ether oxygens (including phenoxy) is 1. The zero-order valence-corrected chi connectivity index (χ0v) is 9.98. The van der Waals surface area contributed by atoms with Crippen molar-refractivity contribution in [2.24, 2.45) is 0 Å². The molecule has 92 valence electrons. The molecule has 0 radical (unpaired) electrons. The highest BCUT2D eigenvalue weighted by Crippen LogP contribution is 2.09. The number of amides is 1. The standard InChI is InChI=1S/C14H14N2O2/c1-2-9-18-10-3-4-14(17)16-13-7-5-12(11-15)6-8-13/h1,5-8H,3-4,9-10H2,(H,16,17). The number of nitriles is 1. The van der Waals surface area contributed by atoms with Gasteiger partial charge in [-0.25, -0.2) is 0 Å². The fraction of sp³-hybridized carbons (Fsp3) is 0.286. The molecule has 0 fully saturated rings. The highest BCUT2D eigenvalue weighted by Gasteiger charge is 2.02. The molecular formula is C14H14N2O2. The Morgan fingerprint density at radius 2 is 2.11 bits per heavy atom. The van der Waals surface area contributed by atoms with Crippen molar-refractivity contribution in [3.63, 3.8) is 0 Å². The predicted octanol–water partition coefficient (Wildman–Crippen LogP) is 1.93. The maximum Gasteiger partial charge on any atom is 0.224 e. The molecular weight excluding hydrogens is 228 g/mol. The summed E-state index contributed by atoms with van der Waals surface area (Å²) in [5.74, 6) is 2.28. The van der Waals surface area contributed by atoms with E-state index in [1.165, 1.54) is 0 Å². The van der Waals surface area contributed by atoms with Crippen molar-refractivity contribution in [2.45, 2.75) is 12.8 Å². The third kappa shape index (κ3) is 5.16. The van der Waals surface area contributed by atoms with Crippen molar-refractivity contribution in [3.05, 3.63) is 29.8 Å². The second-order valence-electron chi connectivity index (χ2n) is 3.60. The molecule has 0 saturated carbocycles. The van der Waals surface area contributed by atoms with Crippen molar-refractivity contribution in [1.82, 2.24) is 0 Å². The van der Waals surface area contributed by atoms with Gasteiger partial charge in [0.15, 0.2) is 0 Å². The highest BCUT2D eigenvalue weighted by atomic mass is 16.5. The molecule has 4 nitrogen and oxygen atoms in total. The SMILES string of the molecule is C#CCOCCCC(=O)Nc1ccc(C#N)cc1. The smallest absolute Gasteiger partial charge is 0.224 e. The molecule has 0 saturated heterocycles. The monoisotopic (exact) mass is 242 g/mol. The van der Waals surface area contributed by atoms with Gasteiger partial charge in [-0.15, -0.1) is 6.42 Å². The van der Waals surface area contributed by atoms with E-state index in [0.29, 0.717) is 30.7 Å². The summed E-state index contributed by atoms with van der Waals surface area (Å²) < 4.78 is 5.06. The van der Waals surface area contributed by atoms with Gasteiger partial charge in [-0.05, 0) is 30.7 Å². The van der Waals surface area contributed by atoms with Crippen LogP contribution in [0.2, 0.25) is 0 Å². The molecule has 1 N–H and O–H groups in total. The van der Waals surface area contributed by atoms with E-state index < -0.39 is 0 Å². The minimum atomic E-state index is -0.0796. The van der Waals surface area contributed by atoms with Gasteiger partial charge in [-0.2, -0.15) is 5.26 Å². The van der Waals surface area contributed by atoms with Crippen molar-refractivity contribution >= 4 is 11.6 Å². The lowest BCUT2D eigenvalue weighted by atomic mass is 10.2. The predicted molar refractivity (Wildman–Crippen MR) is 68.7 cm³/mol. The summed E-state index contributed by atoms with van der Waals surface area (Å²) in [4.78, 5) is 11.5. The summed E-state index contributed by atoms with van der Waals surface area (Å²) in [7, 11) is 0. The minimum absolute atomic E-state index is 0.0796. The number of hydrogen-bond acceptors (Lipinski definition) is 3. The Balaban J connectivity index is 2.27. The summed E-state index contributed by atoms with van der Waals surface area (Å²) in [6.45, 7) is 0.752. The molecule has 0 unspecified atom stereocenters. The molecule has 0 spiro atoms. The Kier molecular flexibility index (Phi) is 6.03. The van der Waals surface area contributed by atoms with Crippen molar-refractivity contribution in [3.8, 4) is 18.4 Å². The van der Waals surface area contributed by atoms with E-state index in [-0.39, 0.29) is 12.5 Å². The number of nitrogens with zero attached hydrogens (tertiary/aromatic N) is 1. The maximum absolute atomic E-state index is 11.5. The number of anilines is 1. The first-order chi connectivity index (χ1) is 8.76. The number of hydrogen-bond donors (Lipinski definition) is 1. The van der Waals surface area contributed by atoms with Gasteiger partial charge in [-0.3, -0.25) is 4.79 Å². The summed E-state index contributed by atoms with van der Waals surface area (Å²) in [5.41, 5.74) is 1.25. The van der Waals surface area contributed by atoms with Crippen LogP contribution in [0.25, 0.3) is 0 Å². The lowest BCUT2D eigenvalue weighted by Gasteiger charge is -2.05. The molecule has 0 aromatic heterocycles. The average molecular weight is 242 g/mol. The van der Waals surface area contributed by atoms with E-state index in [1.807, 2.05) is 6.07 Å². The Bertz CT molecular complexity index is 466. The zero-order chi connectivity index (χ0) is 13.2. The molecule has 4 heteroatoms. The van der Waals surface area contributed by atoms with Crippen molar-refractivity contribution in [1.29, 1.82) is 5.26 Å². The Morgan fingerprint density at radius 1 is 1.39 bits per heavy atom. The van der Waals surface area contributed by atoms with Crippen LogP contribution < -0.4 is 5.32 Å². The molecule has 1 aromatic rings. The van der Waals surface area contributed by atoms with E-state index in [1.54, 1.807) is 24.3 Å². The van der Waals surface area contributed by atoms with Crippen LogP contribution in [-0.4, -0.2) is 19.1 Å².